The van der Waals surface area contributed by atoms with Gasteiger partial charge in [0.25, 0.3) is 0 Å². The van der Waals surface area contributed by atoms with Gasteiger partial charge in [0.1, 0.15) is 0 Å². The van der Waals surface area contributed by atoms with E-state index in [2.05, 4.69) is 6.58 Å². The zero-order valence-corrected chi connectivity index (χ0v) is 8.86. The van der Waals surface area contributed by atoms with E-state index in [9.17, 15) is 4.79 Å². The van der Waals surface area contributed by atoms with Crippen molar-refractivity contribution in [3.63, 3.8) is 0 Å². The van der Waals surface area contributed by atoms with Gasteiger partial charge in [-0.25, -0.2) is 4.79 Å². The van der Waals surface area contributed by atoms with E-state index in [1.54, 1.807) is 18.7 Å². The van der Waals surface area contributed by atoms with Crippen molar-refractivity contribution in [2.45, 2.75) is 13.3 Å². The first-order valence-corrected chi connectivity index (χ1v) is 5.50. The molecule has 0 amide bonds. The number of hydrogen-bond donors (Lipinski definition) is 1. The highest BCUT2D eigenvalue weighted by atomic mass is 32.2. The lowest BCUT2D eigenvalue weighted by molar-refractivity contribution is -0.138. The van der Waals surface area contributed by atoms with Gasteiger partial charge < -0.3 is 10.5 Å². The smallest absolute Gasteiger partial charge is 0.334 e. The van der Waals surface area contributed by atoms with Crippen molar-refractivity contribution < 1.29 is 9.53 Å². The molecule has 0 fully saturated rings. The van der Waals surface area contributed by atoms with Crippen LogP contribution in [-0.2, 0) is 9.53 Å². The maximum Gasteiger partial charge on any atom is 0.334 e. The highest BCUT2D eigenvalue weighted by molar-refractivity contribution is 7.99. The summed E-state index contributed by atoms with van der Waals surface area (Å²) in [4.78, 5) is 11.0. The number of esters is 1. The topological polar surface area (TPSA) is 52.3 Å². The first kappa shape index (κ1) is 12.5. The normalized spacial score (nSPS) is 9.69. The molecule has 13 heavy (non-hydrogen) atoms. The van der Waals surface area contributed by atoms with Crippen LogP contribution in [0.3, 0.4) is 0 Å². The van der Waals surface area contributed by atoms with Gasteiger partial charge in [0, 0.05) is 11.3 Å². The van der Waals surface area contributed by atoms with E-state index < -0.39 is 0 Å². The Morgan fingerprint density at radius 3 is 2.85 bits per heavy atom. The van der Waals surface area contributed by atoms with Crippen LogP contribution in [0.15, 0.2) is 12.2 Å². The van der Waals surface area contributed by atoms with Crippen LogP contribution in [0, 0.1) is 0 Å². The molecule has 0 rings (SSSR count). The number of carbonyl (C=O) groups excluding carboxylic acids is 1. The first-order chi connectivity index (χ1) is 6.22. The lowest BCUT2D eigenvalue weighted by atomic mass is 10.4. The molecule has 2 N–H and O–H groups in total. The molecular weight excluding hydrogens is 186 g/mol. The Kier molecular flexibility index (Phi) is 7.83. The standard InChI is InChI=1S/C9H17NO2S/c1-3-12-9(11)8(2)7-13-6-4-5-10/h2-7,10H2,1H3. The predicted octanol–water partition coefficient (Wildman–Crippen LogP) is 1.19. The maximum absolute atomic E-state index is 11.0. The third-order valence-electron chi connectivity index (χ3n) is 1.33. The third-order valence-corrected chi connectivity index (χ3v) is 2.46. The highest BCUT2D eigenvalue weighted by Crippen LogP contribution is 2.08. The molecule has 0 saturated heterocycles. The molecule has 0 unspecified atom stereocenters. The summed E-state index contributed by atoms with van der Waals surface area (Å²) in [5, 5.41) is 0. The summed E-state index contributed by atoms with van der Waals surface area (Å²) < 4.78 is 4.78. The molecule has 76 valence electrons. The first-order valence-electron chi connectivity index (χ1n) is 4.35. The van der Waals surface area contributed by atoms with Gasteiger partial charge in [0.05, 0.1) is 6.61 Å². The molecule has 3 nitrogen and oxygen atoms in total. The van der Waals surface area contributed by atoms with E-state index in [-0.39, 0.29) is 5.97 Å². The molecule has 0 aliphatic heterocycles. The molecule has 0 aromatic rings. The van der Waals surface area contributed by atoms with Gasteiger partial charge in [-0.3, -0.25) is 0 Å². The Labute approximate surface area is 83.7 Å². The Morgan fingerprint density at radius 2 is 2.31 bits per heavy atom. The van der Waals surface area contributed by atoms with Gasteiger partial charge in [-0.05, 0) is 25.6 Å². The number of nitrogens with two attached hydrogens (primary N) is 1. The molecule has 0 heterocycles. The van der Waals surface area contributed by atoms with Gasteiger partial charge in [-0.1, -0.05) is 6.58 Å². The van der Waals surface area contributed by atoms with Crippen molar-refractivity contribution in [2.75, 3.05) is 24.7 Å². The Balaban J connectivity index is 3.44. The van der Waals surface area contributed by atoms with E-state index in [1.807, 2.05) is 0 Å². The zero-order chi connectivity index (χ0) is 10.1. The van der Waals surface area contributed by atoms with Crippen LogP contribution in [-0.4, -0.2) is 30.6 Å². The van der Waals surface area contributed by atoms with Crippen molar-refractivity contribution in [1.82, 2.24) is 0 Å². The van der Waals surface area contributed by atoms with Crippen molar-refractivity contribution in [2.24, 2.45) is 5.73 Å². The van der Waals surface area contributed by atoms with Crippen LogP contribution in [0.2, 0.25) is 0 Å². The molecule has 4 heteroatoms. The molecule has 0 saturated carbocycles. The van der Waals surface area contributed by atoms with Crippen LogP contribution in [0.25, 0.3) is 0 Å². The minimum absolute atomic E-state index is 0.289. The predicted molar refractivity (Wildman–Crippen MR) is 56.8 cm³/mol. The highest BCUT2D eigenvalue weighted by Gasteiger charge is 2.06. The molecule has 0 aromatic heterocycles. The van der Waals surface area contributed by atoms with E-state index in [0.717, 1.165) is 12.2 Å². The van der Waals surface area contributed by atoms with E-state index in [4.69, 9.17) is 10.5 Å². The second-order valence-corrected chi connectivity index (χ2v) is 3.62. The summed E-state index contributed by atoms with van der Waals surface area (Å²) in [6.07, 6.45) is 0.973. The summed E-state index contributed by atoms with van der Waals surface area (Å²) in [6, 6.07) is 0. The quantitative estimate of drug-likeness (QED) is 0.383. The van der Waals surface area contributed by atoms with Crippen LogP contribution in [0.5, 0.6) is 0 Å². The Hall–Kier alpha value is -0.480. The van der Waals surface area contributed by atoms with E-state index >= 15 is 0 Å². The molecule has 0 aliphatic rings. The van der Waals surface area contributed by atoms with Crippen LogP contribution < -0.4 is 5.73 Å². The van der Waals surface area contributed by atoms with Crippen LogP contribution >= 0.6 is 11.8 Å². The molecule has 0 aliphatic carbocycles. The van der Waals surface area contributed by atoms with Gasteiger partial charge in [-0.2, -0.15) is 11.8 Å². The van der Waals surface area contributed by atoms with Crippen LogP contribution in [0.1, 0.15) is 13.3 Å². The Morgan fingerprint density at radius 1 is 1.62 bits per heavy atom. The number of carbonyl (C=O) groups is 1. The zero-order valence-electron chi connectivity index (χ0n) is 8.04. The summed E-state index contributed by atoms with van der Waals surface area (Å²) in [7, 11) is 0. The monoisotopic (exact) mass is 203 g/mol. The lowest BCUT2D eigenvalue weighted by Crippen LogP contribution is -2.09. The number of rotatable bonds is 7. The van der Waals surface area contributed by atoms with Crippen molar-refractivity contribution in [3.8, 4) is 0 Å². The largest absolute Gasteiger partial charge is 0.463 e. The lowest BCUT2D eigenvalue weighted by Gasteiger charge is -2.04. The fraction of sp³-hybridized carbons (Fsp3) is 0.667. The van der Waals surface area contributed by atoms with Gasteiger partial charge >= 0.3 is 5.97 Å². The van der Waals surface area contributed by atoms with Gasteiger partial charge in [0.2, 0.25) is 0 Å². The average molecular weight is 203 g/mol. The number of hydrogen-bond acceptors (Lipinski definition) is 4. The van der Waals surface area contributed by atoms with Crippen molar-refractivity contribution >= 4 is 17.7 Å². The van der Waals surface area contributed by atoms with Crippen LogP contribution in [0.4, 0.5) is 0 Å². The second kappa shape index (κ2) is 8.13. The molecule has 0 aromatic carbocycles. The number of ether oxygens (including phenoxy) is 1. The molecular formula is C9H17NO2S. The number of thioether (sulfide) groups is 1. The van der Waals surface area contributed by atoms with E-state index in [1.165, 1.54) is 0 Å². The molecule has 0 spiro atoms. The summed E-state index contributed by atoms with van der Waals surface area (Å²) in [5.41, 5.74) is 5.86. The average Bonchev–Trinajstić information content (AvgIpc) is 2.12. The summed E-state index contributed by atoms with van der Waals surface area (Å²) in [5.74, 6) is 1.32. The minimum Gasteiger partial charge on any atom is -0.463 e. The van der Waals surface area contributed by atoms with Gasteiger partial charge in [-0.15, -0.1) is 0 Å². The fourth-order valence-corrected chi connectivity index (χ4v) is 1.55. The molecule has 0 atom stereocenters. The molecule has 0 radical (unpaired) electrons. The fourth-order valence-electron chi connectivity index (χ4n) is 0.673. The summed E-state index contributed by atoms with van der Waals surface area (Å²) in [6.45, 7) is 6.53. The molecule has 0 bridgehead atoms. The SMILES string of the molecule is C=C(CSCCCN)C(=O)OCC. The van der Waals surface area contributed by atoms with Crippen molar-refractivity contribution in [1.29, 1.82) is 0 Å². The Bertz CT molecular complexity index is 171. The summed E-state index contributed by atoms with van der Waals surface area (Å²) >= 11 is 1.66. The second-order valence-electron chi connectivity index (χ2n) is 2.52. The van der Waals surface area contributed by atoms with Gasteiger partial charge in [0.15, 0.2) is 0 Å². The maximum atomic E-state index is 11.0. The third kappa shape index (κ3) is 6.66. The van der Waals surface area contributed by atoms with E-state index in [0.29, 0.717) is 24.5 Å². The van der Waals surface area contributed by atoms with Crippen molar-refractivity contribution in [3.05, 3.63) is 12.2 Å². The minimum atomic E-state index is -0.289.